The molecule has 0 bridgehead atoms. The Morgan fingerprint density at radius 1 is 0.576 bits per heavy atom. The van der Waals surface area contributed by atoms with E-state index < -0.39 is 66.2 Å². The predicted molar refractivity (Wildman–Crippen MR) is 230 cm³/mol. The van der Waals surface area contributed by atoms with E-state index in [4.69, 9.17) is 23.8 Å². The van der Waals surface area contributed by atoms with Gasteiger partial charge in [0.1, 0.15) is 12.7 Å². The third-order valence-corrected chi connectivity index (χ3v) is 10.9. The van der Waals surface area contributed by atoms with Crippen molar-refractivity contribution in [3.8, 4) is 0 Å². The fraction of sp³-hybridized carbons (Fsp3) is 0.837. The first-order valence-corrected chi connectivity index (χ1v) is 25.4. The van der Waals surface area contributed by atoms with Crippen molar-refractivity contribution in [1.82, 2.24) is 0 Å². The van der Waals surface area contributed by atoms with Gasteiger partial charge in [-0.1, -0.05) is 155 Å². The summed E-state index contributed by atoms with van der Waals surface area (Å²) in [5.41, 5.74) is 0. The lowest BCUT2D eigenvalue weighted by Crippen LogP contribution is -2.30. The van der Waals surface area contributed by atoms with Crippen LogP contribution in [-0.2, 0) is 46.6 Å². The van der Waals surface area contributed by atoms with Crippen LogP contribution in [0.25, 0.3) is 0 Å². The topological polar surface area (TPSA) is 212 Å². The molecule has 0 spiro atoms. The van der Waals surface area contributed by atoms with Gasteiger partial charge >= 0.3 is 27.6 Å². The van der Waals surface area contributed by atoms with E-state index >= 15 is 0 Å². The second kappa shape index (κ2) is 38.0. The van der Waals surface area contributed by atoms with Crippen molar-refractivity contribution >= 4 is 33.4 Å². The van der Waals surface area contributed by atoms with Crippen LogP contribution in [0.5, 0.6) is 0 Å². The molecule has 0 aromatic rings. The Morgan fingerprint density at radius 2 is 1.07 bits per heavy atom. The van der Waals surface area contributed by atoms with E-state index in [9.17, 15) is 33.5 Å². The third-order valence-electron chi connectivity index (χ3n) is 9.49. The van der Waals surface area contributed by atoms with E-state index in [1.165, 1.54) is 77.0 Å². The number of esters is 2. The fourth-order valence-corrected chi connectivity index (χ4v) is 7.20. The van der Waals surface area contributed by atoms with Crippen molar-refractivity contribution in [2.24, 2.45) is 5.92 Å². The van der Waals surface area contributed by atoms with Crippen LogP contribution in [0.1, 0.15) is 188 Å². The number of rotatable bonds is 42. The maximum absolute atomic E-state index is 12.7. The molecule has 0 radical (unpaired) electrons. The van der Waals surface area contributed by atoms with E-state index in [0.717, 1.165) is 63.7 Å². The molecular weight excluding hydrogens is 802 g/mol. The fourth-order valence-electron chi connectivity index (χ4n) is 6.04. The van der Waals surface area contributed by atoms with Crippen LogP contribution in [0, 0.1) is 5.92 Å². The molecule has 0 heterocycles. The van der Waals surface area contributed by atoms with E-state index in [-0.39, 0.29) is 18.6 Å². The monoisotopic (exact) mass is 883 g/mol. The molecule has 0 aliphatic rings. The minimum atomic E-state index is -4.88. The van der Waals surface area contributed by atoms with E-state index in [2.05, 4.69) is 35.9 Å². The van der Waals surface area contributed by atoms with Crippen LogP contribution in [-0.4, -0.2) is 76.1 Å². The number of phosphoric ester groups is 2. The van der Waals surface area contributed by atoms with Crippen molar-refractivity contribution in [3.63, 3.8) is 0 Å². The van der Waals surface area contributed by atoms with Gasteiger partial charge in [-0.15, -0.1) is 0 Å². The van der Waals surface area contributed by atoms with Crippen LogP contribution in [0.4, 0.5) is 0 Å². The summed E-state index contributed by atoms with van der Waals surface area (Å²) in [5, 5.41) is 9.74. The predicted octanol–water partition coefficient (Wildman–Crippen LogP) is 10.5. The summed E-state index contributed by atoms with van der Waals surface area (Å²) in [7, 11) is -9.71. The molecule has 0 rings (SSSR count). The summed E-state index contributed by atoms with van der Waals surface area (Å²) >= 11 is 0. The summed E-state index contributed by atoms with van der Waals surface area (Å²) in [5.74, 6) is -0.243. The second-order valence-electron chi connectivity index (χ2n) is 15.8. The van der Waals surface area contributed by atoms with Crippen LogP contribution >= 0.6 is 15.6 Å². The summed E-state index contributed by atoms with van der Waals surface area (Å²) < 4.78 is 47.7. The molecule has 0 fully saturated rings. The highest BCUT2D eigenvalue weighted by Gasteiger charge is 2.28. The van der Waals surface area contributed by atoms with Crippen molar-refractivity contribution in [2.45, 2.75) is 200 Å². The number of ketones is 1. The maximum atomic E-state index is 12.7. The highest BCUT2D eigenvalue weighted by Crippen LogP contribution is 2.43. The number of phosphoric acid groups is 2. The molecule has 4 N–H and O–H groups in total. The largest absolute Gasteiger partial charge is 0.472 e. The number of unbranched alkanes of at least 4 members (excludes halogenated alkanes) is 19. The van der Waals surface area contributed by atoms with E-state index in [1.54, 1.807) is 12.2 Å². The normalized spacial score (nSPS) is 14.2. The Kier molecular flexibility index (Phi) is 36.9. The Bertz CT molecular complexity index is 1220. The smallest absolute Gasteiger partial charge is 0.462 e. The Hall–Kier alpha value is -1.73. The number of aliphatic hydroxyl groups excluding tert-OH is 1. The number of aliphatic hydroxyl groups is 1. The van der Waals surface area contributed by atoms with Crippen LogP contribution in [0.3, 0.4) is 0 Å². The first-order valence-electron chi connectivity index (χ1n) is 22.3. The van der Waals surface area contributed by atoms with Crippen LogP contribution < -0.4 is 0 Å². The summed E-state index contributed by atoms with van der Waals surface area (Å²) in [6, 6.07) is 0. The minimum absolute atomic E-state index is 0.0499. The zero-order chi connectivity index (χ0) is 44.0. The third kappa shape index (κ3) is 42.7. The number of carbonyl (C=O) groups excluding carboxylic acids is 3. The zero-order valence-electron chi connectivity index (χ0n) is 36.5. The van der Waals surface area contributed by atoms with Crippen LogP contribution in [0.2, 0.25) is 0 Å². The number of hydrogen-bond donors (Lipinski definition) is 4. The highest BCUT2D eigenvalue weighted by atomic mass is 31.2. The van der Waals surface area contributed by atoms with Gasteiger partial charge in [0, 0.05) is 19.3 Å². The Balaban J connectivity index is 4.56. The summed E-state index contributed by atoms with van der Waals surface area (Å²) in [6.45, 7) is 3.91. The lowest BCUT2D eigenvalue weighted by molar-refractivity contribution is -0.161. The van der Waals surface area contributed by atoms with Gasteiger partial charge in [-0.05, 0) is 44.1 Å². The van der Waals surface area contributed by atoms with Gasteiger partial charge in [-0.2, -0.15) is 0 Å². The molecule has 59 heavy (non-hydrogen) atoms. The zero-order valence-corrected chi connectivity index (χ0v) is 38.3. The number of ether oxygens (including phenoxy) is 2. The number of allylic oxidation sites excluding steroid dienone is 4. The maximum Gasteiger partial charge on any atom is 0.472 e. The van der Waals surface area contributed by atoms with Crippen molar-refractivity contribution in [1.29, 1.82) is 0 Å². The molecule has 1 unspecified atom stereocenters. The molecule has 3 atom stereocenters. The summed E-state index contributed by atoms with van der Waals surface area (Å²) in [4.78, 5) is 64.7. The number of hydrogen-bond acceptors (Lipinski definition) is 11. The van der Waals surface area contributed by atoms with Gasteiger partial charge in [-0.25, -0.2) is 9.13 Å². The molecule has 346 valence electrons. The molecular formula is C43H80O14P2. The number of carbonyl (C=O) groups is 3. The van der Waals surface area contributed by atoms with Gasteiger partial charge in [0.25, 0.3) is 0 Å². The van der Waals surface area contributed by atoms with E-state index in [0.29, 0.717) is 19.3 Å². The average Bonchev–Trinajstić information content (AvgIpc) is 3.17. The van der Waals surface area contributed by atoms with Crippen LogP contribution in [0.15, 0.2) is 24.3 Å². The lowest BCUT2D eigenvalue weighted by Gasteiger charge is -2.20. The Labute approximate surface area is 355 Å². The minimum Gasteiger partial charge on any atom is -0.462 e. The van der Waals surface area contributed by atoms with Crippen molar-refractivity contribution < 1.29 is 66.3 Å². The molecule has 0 saturated heterocycles. The van der Waals surface area contributed by atoms with Gasteiger partial charge < -0.3 is 29.3 Å². The molecule has 0 aliphatic heterocycles. The first kappa shape index (κ1) is 57.3. The first-order chi connectivity index (χ1) is 28.1. The molecule has 16 heteroatoms. The van der Waals surface area contributed by atoms with Gasteiger partial charge in [0.15, 0.2) is 11.9 Å². The average molecular weight is 883 g/mol. The van der Waals surface area contributed by atoms with Gasteiger partial charge in [0.05, 0.1) is 19.8 Å². The Morgan fingerprint density at radius 3 is 1.61 bits per heavy atom. The lowest BCUT2D eigenvalue weighted by atomic mass is 10.0. The van der Waals surface area contributed by atoms with Gasteiger partial charge in [0.2, 0.25) is 0 Å². The van der Waals surface area contributed by atoms with Gasteiger partial charge in [-0.3, -0.25) is 28.0 Å². The quantitative estimate of drug-likeness (QED) is 0.0148. The molecule has 0 aromatic carbocycles. The molecule has 0 aliphatic carbocycles. The SMILES string of the molecule is CCCCC/C=C\C=C\C(=O)CCCCCCCC(=O)O[C@H](COC(=O)CCCCCCCCCCCCCCCC(C)C)COP(=O)(O)OC[C@@H](O)COP(=O)(O)O. The second-order valence-corrected chi connectivity index (χ2v) is 18.5. The molecule has 0 amide bonds. The molecule has 0 saturated carbocycles. The highest BCUT2D eigenvalue weighted by molar-refractivity contribution is 7.47. The summed E-state index contributed by atoms with van der Waals surface area (Å²) in [6.07, 6.45) is 30.0. The van der Waals surface area contributed by atoms with Crippen molar-refractivity contribution in [2.75, 3.05) is 26.4 Å². The molecule has 14 nitrogen and oxygen atoms in total. The molecule has 0 aromatic heterocycles. The standard InChI is InChI=1S/C43H80O14P2/c1-4-5-6-7-15-20-25-30-39(44)31-26-21-18-23-28-33-43(47)57-41(37-56-59(51,52)55-35-40(45)34-54-58(48,49)50)36-53-42(46)32-27-22-17-14-12-10-8-9-11-13-16-19-24-29-38(2)3/h15,20,25,30,38,40-41,45H,4-14,16-19,21-24,26-29,31-37H2,1-3H3,(H,51,52)(H2,48,49,50)/b20-15-,30-25+/t40-,41+/m0/s1. The van der Waals surface area contributed by atoms with Crippen molar-refractivity contribution in [3.05, 3.63) is 24.3 Å². The van der Waals surface area contributed by atoms with E-state index in [1.807, 2.05) is 6.08 Å².